The molecule has 4 atom stereocenters. The number of nitrogen functional groups attached to an aromatic ring is 1. The molecule has 0 radical (unpaired) electrons. The highest BCUT2D eigenvalue weighted by Crippen LogP contribution is 2.44. The van der Waals surface area contributed by atoms with Crippen molar-refractivity contribution < 1.29 is 19.1 Å². The highest BCUT2D eigenvalue weighted by molar-refractivity contribution is 7.21. The van der Waals surface area contributed by atoms with E-state index in [9.17, 15) is 19.2 Å². The number of nitrogens with one attached hydrogen (secondary N) is 4. The van der Waals surface area contributed by atoms with Gasteiger partial charge in [0.05, 0.1) is 36.5 Å². The van der Waals surface area contributed by atoms with Gasteiger partial charge in [-0.1, -0.05) is 78.1 Å². The molecule has 1 saturated heterocycles. The van der Waals surface area contributed by atoms with Crippen LogP contribution in [0.1, 0.15) is 55.4 Å². The highest BCUT2D eigenvalue weighted by Gasteiger charge is 2.46. The fourth-order valence-corrected chi connectivity index (χ4v) is 12.8. The molecule has 0 spiro atoms. The molecule has 20 heteroatoms. The van der Waals surface area contributed by atoms with Crippen LogP contribution in [0.15, 0.2) is 118 Å². The van der Waals surface area contributed by atoms with Gasteiger partial charge in [0.25, 0.3) is 11.8 Å². The Bertz CT molecular complexity index is 3410. The van der Waals surface area contributed by atoms with Crippen LogP contribution in [0.2, 0.25) is 0 Å². The Labute approximate surface area is 432 Å². The van der Waals surface area contributed by atoms with Gasteiger partial charge in [0.1, 0.15) is 14.6 Å². The fraction of sp³-hybridized carbons (Fsp3) is 0.302. The van der Waals surface area contributed by atoms with Crippen LogP contribution in [0.25, 0.3) is 37.9 Å². The van der Waals surface area contributed by atoms with Crippen LogP contribution in [0.3, 0.4) is 0 Å². The standard InChI is InChI=1S/C53H52N12O5S3/c1-30-12-19-39-43(54)46(73-50(39)58-30)49(68)59-37-17-15-34-25-38(18-16-33(34)24-37)64-27-35-13-14-36(28-64)42(35)48(67)56-21-23-70-22-20-55-47(66)41-26-57-52(72-41)62-61-45-44(32-10-6-3-7-11-32)63-65(51(45)69)53-60-40(29-71-53)31-8-4-2-5-9-31/h2-12,16,18-19,25-26,29,35-37,42,63H,13-15,17,20-24,27-28,54H2,1H3,(H,55,66)(H,56,67)(H,59,68)/t35-,36+,37-,42?/m0/s1. The second-order valence-corrected chi connectivity index (χ2v) is 21.5. The predicted molar refractivity (Wildman–Crippen MR) is 286 cm³/mol. The molecule has 1 saturated carbocycles. The lowest BCUT2D eigenvalue weighted by Gasteiger charge is -2.39. The number of piperidine rings is 1. The Morgan fingerprint density at radius 2 is 1.60 bits per heavy atom. The molecule has 6 N–H and O–H groups in total. The van der Waals surface area contributed by atoms with Crippen molar-refractivity contribution in [1.82, 2.24) is 40.7 Å². The third kappa shape index (κ3) is 10.2. The number of benzene rings is 3. The van der Waals surface area contributed by atoms with Crippen LogP contribution in [-0.2, 0) is 22.4 Å². The lowest BCUT2D eigenvalue weighted by atomic mass is 9.83. The van der Waals surface area contributed by atoms with Gasteiger partial charge in [-0.25, -0.2) is 15.0 Å². The van der Waals surface area contributed by atoms with Crippen LogP contribution in [0, 0.1) is 24.7 Å². The Morgan fingerprint density at radius 1 is 0.849 bits per heavy atom. The van der Waals surface area contributed by atoms with E-state index < -0.39 is 5.56 Å². The zero-order chi connectivity index (χ0) is 50.0. The number of H-pyrrole nitrogens is 1. The molecule has 3 aliphatic rings. The maximum Gasteiger partial charge on any atom is 0.301 e. The largest absolute Gasteiger partial charge is 0.397 e. The number of pyridine rings is 1. The molecule has 73 heavy (non-hydrogen) atoms. The smallest absolute Gasteiger partial charge is 0.301 e. The molecule has 2 fully saturated rings. The summed E-state index contributed by atoms with van der Waals surface area (Å²) >= 11 is 3.73. The van der Waals surface area contributed by atoms with Gasteiger partial charge in [-0.2, -0.15) is 4.68 Å². The molecule has 11 rings (SSSR count). The van der Waals surface area contributed by atoms with Gasteiger partial charge in [0.2, 0.25) is 16.2 Å². The van der Waals surface area contributed by atoms with Gasteiger partial charge in [-0.05, 0) is 86.3 Å². The molecule has 6 heterocycles. The van der Waals surface area contributed by atoms with E-state index in [1.165, 1.54) is 50.4 Å². The van der Waals surface area contributed by atoms with E-state index in [2.05, 4.69) is 64.3 Å². The summed E-state index contributed by atoms with van der Waals surface area (Å²) in [6, 6.07) is 29.7. The number of hydrogen-bond acceptors (Lipinski definition) is 15. The molecule has 2 bridgehead atoms. The van der Waals surface area contributed by atoms with Crippen LogP contribution in [-0.4, -0.2) is 87.9 Å². The summed E-state index contributed by atoms with van der Waals surface area (Å²) in [4.78, 5) is 71.2. The number of aromatic amines is 1. The van der Waals surface area contributed by atoms with Crippen LogP contribution >= 0.6 is 34.0 Å². The second-order valence-electron chi connectivity index (χ2n) is 18.6. The van der Waals surface area contributed by atoms with Gasteiger partial charge >= 0.3 is 5.56 Å². The minimum absolute atomic E-state index is 0.0268. The quantitative estimate of drug-likeness (QED) is 0.0457. The Hall–Kier alpha value is -7.39. The van der Waals surface area contributed by atoms with Crippen molar-refractivity contribution >= 4 is 84.1 Å². The lowest BCUT2D eigenvalue weighted by molar-refractivity contribution is -0.128. The first-order chi connectivity index (χ1) is 35.6. The van der Waals surface area contributed by atoms with Gasteiger partial charge < -0.3 is 31.3 Å². The number of aromatic nitrogens is 5. The highest BCUT2D eigenvalue weighted by atomic mass is 32.1. The van der Waals surface area contributed by atoms with Crippen molar-refractivity contribution in [2.75, 3.05) is 50.0 Å². The molecule has 1 aliphatic heterocycles. The monoisotopic (exact) mass is 1030 g/mol. The number of anilines is 2. The second kappa shape index (κ2) is 21.0. The summed E-state index contributed by atoms with van der Waals surface area (Å²) in [7, 11) is 0. The Morgan fingerprint density at radius 3 is 2.38 bits per heavy atom. The number of ether oxygens (including phenoxy) is 1. The van der Waals surface area contributed by atoms with E-state index in [1.807, 2.05) is 85.1 Å². The number of carbonyl (C=O) groups is 3. The summed E-state index contributed by atoms with van der Waals surface area (Å²) in [5, 5.41) is 24.4. The number of fused-ring (bicyclic) bond motifs is 4. The number of amides is 3. The first kappa shape index (κ1) is 47.9. The average Bonchev–Trinajstić information content (AvgIpc) is 4.26. The molecule has 1 unspecified atom stereocenters. The predicted octanol–water partition coefficient (Wildman–Crippen LogP) is 8.64. The Balaban J connectivity index is 0.617. The number of thiazole rings is 2. The molecule has 17 nitrogen and oxygen atoms in total. The van der Waals surface area contributed by atoms with Crippen molar-refractivity contribution in [3.8, 4) is 27.6 Å². The first-order valence-corrected chi connectivity index (χ1v) is 26.9. The van der Waals surface area contributed by atoms with Gasteiger partial charge in [0, 0.05) is 71.4 Å². The molecule has 2 aliphatic carbocycles. The minimum Gasteiger partial charge on any atom is -0.397 e. The summed E-state index contributed by atoms with van der Waals surface area (Å²) < 4.78 is 7.14. The minimum atomic E-state index is -0.425. The maximum atomic E-state index is 13.8. The van der Waals surface area contributed by atoms with E-state index in [4.69, 9.17) is 15.5 Å². The van der Waals surface area contributed by atoms with Gasteiger partial charge in [-0.15, -0.1) is 32.9 Å². The molecule has 372 valence electrons. The topological polar surface area (TPSA) is 227 Å². The summed E-state index contributed by atoms with van der Waals surface area (Å²) in [6.45, 7) is 4.83. The van der Waals surface area contributed by atoms with Crippen molar-refractivity contribution in [3.05, 3.63) is 140 Å². The number of aryl methyl sites for hydroxylation is 2. The van der Waals surface area contributed by atoms with Gasteiger partial charge in [0.15, 0.2) is 5.69 Å². The van der Waals surface area contributed by atoms with Crippen LogP contribution < -0.4 is 32.1 Å². The van der Waals surface area contributed by atoms with Crippen molar-refractivity contribution in [2.24, 2.45) is 28.0 Å². The van der Waals surface area contributed by atoms with Crippen molar-refractivity contribution in [2.45, 2.75) is 45.1 Å². The number of rotatable bonds is 16. The number of carbonyl (C=O) groups excluding carboxylic acids is 3. The third-order valence-corrected chi connectivity index (χ3v) is 16.7. The molecule has 3 amide bonds. The maximum absolute atomic E-state index is 13.8. The molecular weight excluding hydrogens is 981 g/mol. The number of nitrogens with two attached hydrogens (primary N) is 1. The normalized spacial score (nSPS) is 18.3. The number of thiophene rings is 1. The van der Waals surface area contributed by atoms with Crippen molar-refractivity contribution in [1.29, 1.82) is 0 Å². The SMILES string of the molecule is Cc1ccc2c(N)c(C(=O)N[C@H]3CCc4cc(N5C[C@H]6CC[C@@H](C5)C6C(=O)NCCOCCNC(=O)c5cnc(N=Nc6c(-c7ccccc7)[nH]n(-c7nc(-c8ccccc8)cs7)c6=O)s5)ccc4C3)sc2n1. The zero-order valence-corrected chi connectivity index (χ0v) is 42.3. The number of azo groups is 1. The fourth-order valence-electron chi connectivity index (χ4n) is 10.3. The van der Waals surface area contributed by atoms with E-state index >= 15 is 0 Å². The van der Waals surface area contributed by atoms with Crippen LogP contribution in [0.4, 0.5) is 22.2 Å². The molecule has 5 aromatic heterocycles. The number of nitrogens with zero attached hydrogens (tertiary/aromatic N) is 7. The number of hydrogen-bond donors (Lipinski definition) is 5. The summed E-state index contributed by atoms with van der Waals surface area (Å²) in [5.74, 6) is 0.135. The van der Waals surface area contributed by atoms with E-state index in [0.29, 0.717) is 39.4 Å². The van der Waals surface area contributed by atoms with Crippen LogP contribution in [0.5, 0.6) is 0 Å². The average molecular weight is 1030 g/mol. The van der Waals surface area contributed by atoms with E-state index in [0.717, 1.165) is 89.3 Å². The summed E-state index contributed by atoms with van der Waals surface area (Å²) in [5.41, 5.74) is 14.1. The van der Waals surface area contributed by atoms with Gasteiger partial charge in [-0.3, -0.25) is 24.3 Å². The molecule has 3 aromatic carbocycles. The van der Waals surface area contributed by atoms with E-state index in [-0.39, 0.29) is 65.5 Å². The zero-order valence-electron chi connectivity index (χ0n) is 39.9. The first-order valence-electron chi connectivity index (χ1n) is 24.4. The third-order valence-electron chi connectivity index (χ3n) is 13.9. The Kier molecular flexibility index (Phi) is 13.8. The molecular formula is C53H52N12O5S3. The van der Waals surface area contributed by atoms with E-state index in [1.54, 1.807) is 0 Å². The molecule has 8 aromatic rings. The van der Waals surface area contributed by atoms with Crippen molar-refractivity contribution in [3.63, 3.8) is 0 Å². The summed E-state index contributed by atoms with van der Waals surface area (Å²) in [6.07, 6.45) is 5.98. The lowest BCUT2D eigenvalue weighted by Crippen LogP contribution is -2.48.